The Morgan fingerprint density at radius 1 is 0.882 bits per heavy atom. The Labute approximate surface area is 202 Å². The van der Waals surface area contributed by atoms with E-state index in [9.17, 15) is 9.59 Å². The zero-order chi connectivity index (χ0) is 23.1. The Balaban J connectivity index is 1.43. The highest BCUT2D eigenvalue weighted by atomic mass is 32.2. The number of carbonyl (C=O) groups is 1. The summed E-state index contributed by atoms with van der Waals surface area (Å²) in [6.07, 6.45) is 0. The molecule has 3 heterocycles. The molecule has 166 valence electrons. The average Bonchev–Trinajstić information content (AvgIpc) is 3.46. The fraction of sp³-hybridized carbons (Fsp3) is 0.0769. The second kappa shape index (κ2) is 8.55. The van der Waals surface area contributed by atoms with E-state index in [1.165, 1.54) is 21.8 Å². The van der Waals surface area contributed by atoms with Crippen LogP contribution in [0.4, 0.5) is 5.13 Å². The first-order chi connectivity index (χ1) is 16.7. The number of benzene rings is 3. The highest BCUT2D eigenvalue weighted by molar-refractivity contribution is 8.00. The molecule has 0 aliphatic carbocycles. The third kappa shape index (κ3) is 3.52. The van der Waals surface area contributed by atoms with E-state index >= 15 is 0 Å². The summed E-state index contributed by atoms with van der Waals surface area (Å²) < 4.78 is 6.72. The van der Waals surface area contributed by atoms with Crippen LogP contribution >= 0.6 is 23.1 Å². The van der Waals surface area contributed by atoms with Gasteiger partial charge in [0.2, 0.25) is 10.9 Å². The van der Waals surface area contributed by atoms with E-state index in [1.807, 2.05) is 48.5 Å². The van der Waals surface area contributed by atoms with Crippen LogP contribution in [0.15, 0.2) is 98.5 Å². The number of carbonyl (C=O) groups excluding carboxylic acids is 1. The molecule has 3 aromatic carbocycles. The van der Waals surface area contributed by atoms with Gasteiger partial charge in [-0.15, -0.1) is 10.2 Å². The Hall–Kier alpha value is -3.75. The third-order valence-corrected chi connectivity index (χ3v) is 7.83. The highest BCUT2D eigenvalue weighted by Crippen LogP contribution is 2.43. The minimum Gasteiger partial charge on any atom is -0.450 e. The van der Waals surface area contributed by atoms with Gasteiger partial charge >= 0.3 is 0 Å². The molecular weight excluding hydrogens is 466 g/mol. The molecule has 2 aromatic heterocycles. The molecule has 0 spiro atoms. The third-order valence-electron chi connectivity index (χ3n) is 5.70. The van der Waals surface area contributed by atoms with Crippen molar-refractivity contribution in [1.82, 2.24) is 10.2 Å². The molecule has 0 N–H and O–H groups in total. The predicted molar refractivity (Wildman–Crippen MR) is 133 cm³/mol. The van der Waals surface area contributed by atoms with Gasteiger partial charge in [-0.3, -0.25) is 14.5 Å². The van der Waals surface area contributed by atoms with Crippen LogP contribution in [0.25, 0.3) is 11.0 Å². The topological polar surface area (TPSA) is 76.3 Å². The maximum atomic E-state index is 13.6. The lowest BCUT2D eigenvalue weighted by Gasteiger charge is -2.21. The number of rotatable bonds is 5. The van der Waals surface area contributed by atoms with Gasteiger partial charge in [0.25, 0.3) is 5.91 Å². The number of hydrogen-bond acceptors (Lipinski definition) is 7. The van der Waals surface area contributed by atoms with Crippen LogP contribution in [0.2, 0.25) is 0 Å². The molecule has 0 radical (unpaired) electrons. The van der Waals surface area contributed by atoms with Crippen LogP contribution < -0.4 is 10.3 Å². The molecular formula is C26H17N3O3S2. The van der Waals surface area contributed by atoms with E-state index < -0.39 is 6.04 Å². The molecule has 1 aliphatic rings. The van der Waals surface area contributed by atoms with Crippen molar-refractivity contribution in [2.45, 2.75) is 16.1 Å². The van der Waals surface area contributed by atoms with E-state index in [4.69, 9.17) is 4.42 Å². The molecule has 1 amide bonds. The van der Waals surface area contributed by atoms with Crippen LogP contribution in [-0.4, -0.2) is 16.1 Å². The smallest absolute Gasteiger partial charge is 0.297 e. The van der Waals surface area contributed by atoms with Gasteiger partial charge in [0, 0.05) is 5.75 Å². The first kappa shape index (κ1) is 20.8. The summed E-state index contributed by atoms with van der Waals surface area (Å²) in [7, 11) is 0. The molecule has 5 aromatic rings. The largest absolute Gasteiger partial charge is 0.450 e. The second-order valence-electron chi connectivity index (χ2n) is 7.78. The van der Waals surface area contributed by atoms with Gasteiger partial charge in [-0.25, -0.2) is 0 Å². The van der Waals surface area contributed by atoms with E-state index in [0.717, 1.165) is 15.7 Å². The quantitative estimate of drug-likeness (QED) is 0.236. The summed E-state index contributed by atoms with van der Waals surface area (Å²) in [5, 5.41) is 9.52. The first-order valence-corrected chi connectivity index (χ1v) is 12.5. The number of nitrogens with zero attached hydrogens (tertiary/aromatic N) is 3. The summed E-state index contributed by atoms with van der Waals surface area (Å²) >= 11 is 2.90. The molecule has 6 nitrogen and oxygen atoms in total. The lowest BCUT2D eigenvalue weighted by Crippen LogP contribution is -2.29. The summed E-state index contributed by atoms with van der Waals surface area (Å²) in [6, 6.07) is 25.9. The molecule has 0 saturated heterocycles. The Kier molecular flexibility index (Phi) is 5.24. The van der Waals surface area contributed by atoms with Crippen LogP contribution in [0.1, 0.15) is 33.3 Å². The lowest BCUT2D eigenvalue weighted by atomic mass is 9.99. The monoisotopic (exact) mass is 483 g/mol. The average molecular weight is 484 g/mol. The maximum Gasteiger partial charge on any atom is 0.297 e. The highest BCUT2D eigenvalue weighted by Gasteiger charge is 2.45. The fourth-order valence-electron chi connectivity index (χ4n) is 4.15. The zero-order valence-corrected chi connectivity index (χ0v) is 19.4. The fourth-order valence-corrected chi connectivity index (χ4v) is 5.97. The van der Waals surface area contributed by atoms with Gasteiger partial charge in [-0.1, -0.05) is 95.9 Å². The first-order valence-electron chi connectivity index (χ1n) is 10.6. The summed E-state index contributed by atoms with van der Waals surface area (Å²) in [6.45, 7) is 0. The number of para-hydroxylation sites is 1. The standard InChI is InChI=1S/C26H17N3O3S2/c30-22-18-13-7-8-14-19(18)32-23-20(22)21(17-11-5-2-6-12-17)29(24(23)31)25-27-28-26(34-25)33-15-16-9-3-1-4-10-16/h1-14,21H,15H2. The van der Waals surface area contributed by atoms with Crippen molar-refractivity contribution < 1.29 is 9.21 Å². The molecule has 1 atom stereocenters. The predicted octanol–water partition coefficient (Wildman–Crippen LogP) is 5.69. The van der Waals surface area contributed by atoms with Crippen molar-refractivity contribution in [3.05, 3.63) is 118 Å². The van der Waals surface area contributed by atoms with Gasteiger partial charge < -0.3 is 4.42 Å². The molecule has 0 bridgehead atoms. The number of anilines is 1. The van der Waals surface area contributed by atoms with E-state index in [1.54, 1.807) is 36.0 Å². The Morgan fingerprint density at radius 2 is 1.59 bits per heavy atom. The van der Waals surface area contributed by atoms with Crippen LogP contribution in [0, 0.1) is 0 Å². The van der Waals surface area contributed by atoms with Crippen molar-refractivity contribution in [3.8, 4) is 0 Å². The molecule has 8 heteroatoms. The number of amides is 1. The SMILES string of the molecule is O=C1c2oc3ccccc3c(=O)c2C(c2ccccc2)N1c1nnc(SCc2ccccc2)s1. The van der Waals surface area contributed by atoms with Gasteiger partial charge in [0.1, 0.15) is 5.58 Å². The number of aromatic nitrogens is 2. The maximum absolute atomic E-state index is 13.6. The molecule has 1 unspecified atom stereocenters. The molecule has 0 saturated carbocycles. The minimum absolute atomic E-state index is 0.0613. The van der Waals surface area contributed by atoms with Crippen LogP contribution in [0.3, 0.4) is 0 Å². The van der Waals surface area contributed by atoms with Gasteiger partial charge in [-0.05, 0) is 23.3 Å². The molecule has 0 fully saturated rings. The molecule has 34 heavy (non-hydrogen) atoms. The Morgan fingerprint density at radius 3 is 2.38 bits per heavy atom. The summed E-state index contributed by atoms with van der Waals surface area (Å²) in [5.74, 6) is 0.422. The zero-order valence-electron chi connectivity index (χ0n) is 17.8. The van der Waals surface area contributed by atoms with Crippen molar-refractivity contribution in [1.29, 1.82) is 0 Å². The van der Waals surface area contributed by atoms with Crippen molar-refractivity contribution >= 4 is 45.1 Å². The number of hydrogen-bond donors (Lipinski definition) is 0. The van der Waals surface area contributed by atoms with E-state index in [0.29, 0.717) is 21.7 Å². The second-order valence-corrected chi connectivity index (χ2v) is 9.96. The number of fused-ring (bicyclic) bond motifs is 2. The van der Waals surface area contributed by atoms with Crippen LogP contribution in [-0.2, 0) is 5.75 Å². The Bertz CT molecular complexity index is 1570. The number of thioether (sulfide) groups is 1. The van der Waals surface area contributed by atoms with Crippen molar-refractivity contribution in [2.75, 3.05) is 4.90 Å². The van der Waals surface area contributed by atoms with Gasteiger partial charge in [0.05, 0.1) is 17.0 Å². The lowest BCUT2D eigenvalue weighted by molar-refractivity contribution is 0.0970. The molecule has 6 rings (SSSR count). The minimum atomic E-state index is -0.635. The van der Waals surface area contributed by atoms with Crippen molar-refractivity contribution in [2.24, 2.45) is 0 Å². The molecule has 1 aliphatic heterocycles. The summed E-state index contributed by atoms with van der Waals surface area (Å²) in [5.41, 5.74) is 2.52. The normalized spacial score (nSPS) is 15.1. The van der Waals surface area contributed by atoms with E-state index in [2.05, 4.69) is 22.3 Å². The van der Waals surface area contributed by atoms with Crippen LogP contribution in [0.5, 0.6) is 0 Å². The van der Waals surface area contributed by atoms with Gasteiger partial charge in [-0.2, -0.15) is 0 Å². The van der Waals surface area contributed by atoms with Crippen molar-refractivity contribution in [3.63, 3.8) is 0 Å². The van der Waals surface area contributed by atoms with Gasteiger partial charge in [0.15, 0.2) is 9.77 Å². The van der Waals surface area contributed by atoms with E-state index in [-0.39, 0.29) is 17.1 Å². The summed E-state index contributed by atoms with van der Waals surface area (Å²) in [4.78, 5) is 28.6.